The molecular formula is C18H12Br2N2O2. The molecule has 0 saturated heterocycles. The lowest BCUT2D eigenvalue weighted by Crippen LogP contribution is -2.09. The number of hydrogen-bond acceptors (Lipinski definition) is 3. The van der Waals surface area contributed by atoms with Crippen LogP contribution < -0.4 is 0 Å². The van der Waals surface area contributed by atoms with Crippen LogP contribution in [0.15, 0.2) is 63.5 Å². The monoisotopic (exact) mass is 446 g/mol. The van der Waals surface area contributed by atoms with Crippen molar-refractivity contribution in [2.45, 2.75) is 6.42 Å². The van der Waals surface area contributed by atoms with Gasteiger partial charge < -0.3 is 0 Å². The van der Waals surface area contributed by atoms with Crippen LogP contribution in [0.5, 0.6) is 0 Å². The first kappa shape index (κ1) is 16.8. The molecule has 0 aliphatic heterocycles. The average Bonchev–Trinajstić information content (AvgIpc) is 3.06. The summed E-state index contributed by atoms with van der Waals surface area (Å²) in [6.45, 7) is 0. The van der Waals surface area contributed by atoms with Gasteiger partial charge in [0.15, 0.2) is 11.6 Å². The summed E-state index contributed by atoms with van der Waals surface area (Å²) in [5.41, 5.74) is 2.41. The Bertz CT molecular complexity index is 884. The molecule has 0 bridgehead atoms. The van der Waals surface area contributed by atoms with E-state index in [1.54, 1.807) is 30.3 Å². The number of halogens is 2. The zero-order valence-corrected chi connectivity index (χ0v) is 15.6. The summed E-state index contributed by atoms with van der Waals surface area (Å²) in [6, 6.07) is 16.2. The maximum atomic E-state index is 12.3. The summed E-state index contributed by atoms with van der Waals surface area (Å²) >= 11 is 6.69. The number of aromatic amines is 1. The molecular weight excluding hydrogens is 436 g/mol. The van der Waals surface area contributed by atoms with E-state index < -0.39 is 0 Å². The lowest BCUT2D eigenvalue weighted by Gasteiger charge is -2.00. The van der Waals surface area contributed by atoms with E-state index in [2.05, 4.69) is 42.1 Å². The highest BCUT2D eigenvalue weighted by molar-refractivity contribution is 9.10. The van der Waals surface area contributed by atoms with Crippen LogP contribution in [-0.2, 0) is 0 Å². The molecule has 6 heteroatoms. The number of benzene rings is 2. The van der Waals surface area contributed by atoms with Crippen molar-refractivity contribution >= 4 is 43.4 Å². The van der Waals surface area contributed by atoms with Crippen molar-refractivity contribution in [2.24, 2.45) is 0 Å². The second-order valence-corrected chi connectivity index (χ2v) is 7.04. The molecule has 24 heavy (non-hydrogen) atoms. The molecule has 1 aromatic heterocycles. The van der Waals surface area contributed by atoms with Crippen molar-refractivity contribution < 1.29 is 9.59 Å². The molecule has 2 aromatic carbocycles. The Morgan fingerprint density at radius 3 is 2.08 bits per heavy atom. The van der Waals surface area contributed by atoms with Crippen LogP contribution in [0.4, 0.5) is 0 Å². The number of hydrogen-bond donors (Lipinski definition) is 1. The van der Waals surface area contributed by atoms with Crippen molar-refractivity contribution in [3.05, 3.63) is 74.8 Å². The molecule has 0 unspecified atom stereocenters. The van der Waals surface area contributed by atoms with Crippen molar-refractivity contribution in [1.29, 1.82) is 0 Å². The molecule has 0 saturated carbocycles. The fraction of sp³-hybridized carbons (Fsp3) is 0.0556. The Hall–Kier alpha value is -2.05. The average molecular weight is 448 g/mol. The molecule has 0 spiro atoms. The first-order valence-electron chi connectivity index (χ1n) is 7.16. The normalized spacial score (nSPS) is 10.6. The first-order valence-corrected chi connectivity index (χ1v) is 8.75. The molecule has 0 atom stereocenters. The summed E-state index contributed by atoms with van der Waals surface area (Å²) in [5, 5.41) is 6.86. The van der Waals surface area contributed by atoms with E-state index in [0.717, 1.165) is 14.5 Å². The maximum Gasteiger partial charge on any atom is 0.188 e. The van der Waals surface area contributed by atoms with E-state index in [0.29, 0.717) is 17.0 Å². The third-order valence-corrected chi connectivity index (χ3v) is 4.56. The Morgan fingerprint density at radius 1 is 0.875 bits per heavy atom. The van der Waals surface area contributed by atoms with E-state index in [9.17, 15) is 9.59 Å². The first-order chi connectivity index (χ1) is 11.5. The predicted octanol–water partition coefficient (Wildman–Crippen LogP) is 5.06. The lowest BCUT2D eigenvalue weighted by atomic mass is 10.0. The van der Waals surface area contributed by atoms with Gasteiger partial charge in [-0.1, -0.05) is 56.1 Å². The van der Waals surface area contributed by atoms with Gasteiger partial charge in [-0.15, -0.1) is 0 Å². The molecule has 0 aliphatic carbocycles. The Kier molecular flexibility index (Phi) is 5.06. The van der Waals surface area contributed by atoms with Crippen LogP contribution in [0.25, 0.3) is 11.3 Å². The minimum absolute atomic E-state index is 0.191. The van der Waals surface area contributed by atoms with Crippen molar-refractivity contribution in [1.82, 2.24) is 10.2 Å². The highest BCUT2D eigenvalue weighted by atomic mass is 79.9. The minimum Gasteiger partial charge on any atom is -0.294 e. The summed E-state index contributed by atoms with van der Waals surface area (Å²) in [5.74, 6) is -0.494. The standard InChI is InChI=1S/C18H12Br2N2O2/c19-13-5-1-11(2-6-13)15-9-16(22-21-15)18(24)10-17(23)12-3-7-14(20)8-4-12/h1-9H,10H2,(H,21,22). The number of aromatic nitrogens is 2. The van der Waals surface area contributed by atoms with Gasteiger partial charge in [0.2, 0.25) is 0 Å². The third kappa shape index (κ3) is 3.88. The molecule has 3 rings (SSSR count). The molecule has 0 radical (unpaired) electrons. The highest BCUT2D eigenvalue weighted by Crippen LogP contribution is 2.21. The summed E-state index contributed by atoms with van der Waals surface area (Å²) < 4.78 is 1.86. The van der Waals surface area contributed by atoms with Crippen LogP contribution in [0.1, 0.15) is 27.3 Å². The molecule has 0 amide bonds. The van der Waals surface area contributed by atoms with E-state index in [1.807, 2.05) is 24.3 Å². The van der Waals surface area contributed by atoms with Gasteiger partial charge in [-0.05, 0) is 30.3 Å². The molecule has 3 aromatic rings. The molecule has 0 aliphatic rings. The van der Waals surface area contributed by atoms with Crippen LogP contribution >= 0.6 is 31.9 Å². The van der Waals surface area contributed by atoms with Gasteiger partial charge in [0.1, 0.15) is 5.69 Å². The maximum absolute atomic E-state index is 12.3. The highest BCUT2D eigenvalue weighted by Gasteiger charge is 2.16. The van der Waals surface area contributed by atoms with Gasteiger partial charge in [-0.25, -0.2) is 0 Å². The van der Waals surface area contributed by atoms with Gasteiger partial charge in [0.05, 0.1) is 12.1 Å². The van der Waals surface area contributed by atoms with Gasteiger partial charge >= 0.3 is 0 Å². The lowest BCUT2D eigenvalue weighted by molar-refractivity contribution is 0.0891. The van der Waals surface area contributed by atoms with Crippen molar-refractivity contribution in [2.75, 3.05) is 0 Å². The zero-order valence-electron chi connectivity index (χ0n) is 12.4. The third-order valence-electron chi connectivity index (χ3n) is 3.51. The van der Waals surface area contributed by atoms with Gasteiger partial charge in [0.25, 0.3) is 0 Å². The van der Waals surface area contributed by atoms with Crippen LogP contribution in [0, 0.1) is 0 Å². The summed E-state index contributed by atoms with van der Waals surface area (Å²) in [4.78, 5) is 24.5. The second kappa shape index (κ2) is 7.23. The Labute approximate surface area is 155 Å². The number of nitrogens with one attached hydrogen (secondary N) is 1. The number of ketones is 2. The van der Waals surface area contributed by atoms with Gasteiger partial charge in [-0.3, -0.25) is 14.7 Å². The Balaban J connectivity index is 1.72. The van der Waals surface area contributed by atoms with Crippen molar-refractivity contribution in [3.8, 4) is 11.3 Å². The molecule has 120 valence electrons. The summed E-state index contributed by atoms with van der Waals surface area (Å²) in [6.07, 6.45) is -0.191. The molecule has 4 nitrogen and oxygen atoms in total. The fourth-order valence-electron chi connectivity index (χ4n) is 2.21. The second-order valence-electron chi connectivity index (χ2n) is 5.20. The van der Waals surface area contributed by atoms with E-state index in [1.165, 1.54) is 0 Å². The van der Waals surface area contributed by atoms with E-state index >= 15 is 0 Å². The number of carbonyl (C=O) groups is 2. The summed E-state index contributed by atoms with van der Waals surface area (Å²) in [7, 11) is 0. The van der Waals surface area contributed by atoms with Crippen molar-refractivity contribution in [3.63, 3.8) is 0 Å². The fourth-order valence-corrected chi connectivity index (χ4v) is 2.74. The zero-order chi connectivity index (χ0) is 17.1. The van der Waals surface area contributed by atoms with Crippen LogP contribution in [0.2, 0.25) is 0 Å². The quantitative estimate of drug-likeness (QED) is 0.439. The predicted molar refractivity (Wildman–Crippen MR) is 99.1 cm³/mol. The van der Waals surface area contributed by atoms with E-state index in [4.69, 9.17) is 0 Å². The molecule has 1 heterocycles. The number of H-pyrrole nitrogens is 1. The topological polar surface area (TPSA) is 62.8 Å². The SMILES string of the molecule is O=C(CC(=O)c1cc(-c2ccc(Br)cc2)n[nH]1)c1ccc(Br)cc1. The number of Topliss-reactive ketones (excluding diaryl/α,β-unsaturated/α-hetero) is 2. The van der Waals surface area contributed by atoms with Gasteiger partial charge in [0, 0.05) is 20.1 Å². The smallest absolute Gasteiger partial charge is 0.188 e. The minimum atomic E-state index is -0.279. The number of nitrogens with zero attached hydrogens (tertiary/aromatic N) is 1. The molecule has 0 fully saturated rings. The largest absolute Gasteiger partial charge is 0.294 e. The van der Waals surface area contributed by atoms with Gasteiger partial charge in [-0.2, -0.15) is 5.10 Å². The molecule has 1 N–H and O–H groups in total. The van der Waals surface area contributed by atoms with E-state index in [-0.39, 0.29) is 18.0 Å². The van der Waals surface area contributed by atoms with Crippen LogP contribution in [-0.4, -0.2) is 21.8 Å². The van der Waals surface area contributed by atoms with Crippen LogP contribution in [0.3, 0.4) is 0 Å². The number of carbonyl (C=O) groups excluding carboxylic acids is 2. The number of rotatable bonds is 5. The Morgan fingerprint density at radius 2 is 1.46 bits per heavy atom.